The molecular weight excluding hydrogens is 352 g/mol. The number of hydrogen-bond acceptors (Lipinski definition) is 3. The lowest BCUT2D eigenvalue weighted by Crippen LogP contribution is -2.40. The molecule has 0 spiro atoms. The highest BCUT2D eigenvalue weighted by Crippen LogP contribution is 2.31. The molecule has 28 heavy (non-hydrogen) atoms. The zero-order valence-electron chi connectivity index (χ0n) is 16.9. The summed E-state index contributed by atoms with van der Waals surface area (Å²) in [6.07, 6.45) is 4.30. The highest BCUT2D eigenvalue weighted by Gasteiger charge is 2.24. The number of aromatic nitrogens is 2. The van der Waals surface area contributed by atoms with Crippen LogP contribution in [0.3, 0.4) is 0 Å². The van der Waals surface area contributed by atoms with E-state index in [0.717, 1.165) is 36.1 Å². The number of nitrogens with one attached hydrogen (secondary N) is 3. The van der Waals surface area contributed by atoms with Crippen molar-refractivity contribution in [3.63, 3.8) is 0 Å². The summed E-state index contributed by atoms with van der Waals surface area (Å²) in [4.78, 5) is 21.1. The third kappa shape index (κ3) is 5.12. The van der Waals surface area contributed by atoms with Gasteiger partial charge >= 0.3 is 0 Å². The van der Waals surface area contributed by atoms with Crippen molar-refractivity contribution in [2.75, 3.05) is 18.4 Å². The number of imidazole rings is 1. The molecule has 1 aliphatic rings. The Kier molecular flexibility index (Phi) is 6.68. The number of carbonyl (C=O) groups excluding carboxylic acids is 1. The molecule has 0 saturated carbocycles. The second kappa shape index (κ2) is 9.39. The number of carbonyl (C=O) groups is 1. The Balaban J connectivity index is 1.66. The van der Waals surface area contributed by atoms with Crippen LogP contribution in [0.5, 0.6) is 0 Å². The molecule has 2 heterocycles. The lowest BCUT2D eigenvalue weighted by molar-refractivity contribution is -0.116. The van der Waals surface area contributed by atoms with Crippen LogP contribution in [-0.2, 0) is 17.9 Å². The Hall–Kier alpha value is -2.83. The molecule has 1 atom stereocenters. The van der Waals surface area contributed by atoms with E-state index in [0.29, 0.717) is 25.4 Å². The molecule has 2 aromatic rings. The van der Waals surface area contributed by atoms with Gasteiger partial charge in [-0.25, -0.2) is 9.98 Å². The number of guanidine groups is 1. The molecule has 1 aromatic heterocycles. The summed E-state index contributed by atoms with van der Waals surface area (Å²) in [6, 6.07) is 7.98. The van der Waals surface area contributed by atoms with Crippen LogP contribution in [0.4, 0.5) is 5.69 Å². The Morgan fingerprint density at radius 1 is 1.36 bits per heavy atom. The highest BCUT2D eigenvalue weighted by atomic mass is 16.1. The first-order valence-corrected chi connectivity index (χ1v) is 9.97. The fourth-order valence-corrected chi connectivity index (χ4v) is 3.45. The molecule has 0 fully saturated rings. The maximum atomic E-state index is 12.0. The van der Waals surface area contributed by atoms with E-state index in [9.17, 15) is 4.79 Å². The van der Waals surface area contributed by atoms with E-state index >= 15 is 0 Å². The Morgan fingerprint density at radius 2 is 2.18 bits per heavy atom. The molecule has 0 bridgehead atoms. The fraction of sp³-hybridized carbons (Fsp3) is 0.476. The van der Waals surface area contributed by atoms with Gasteiger partial charge < -0.3 is 20.5 Å². The number of aliphatic imine (C=N–C) groups is 1. The summed E-state index contributed by atoms with van der Waals surface area (Å²) in [5.74, 6) is 2.43. The van der Waals surface area contributed by atoms with Gasteiger partial charge in [-0.3, -0.25) is 4.79 Å². The molecule has 7 heteroatoms. The van der Waals surface area contributed by atoms with E-state index in [-0.39, 0.29) is 11.8 Å². The molecule has 150 valence electrons. The molecule has 1 unspecified atom stereocenters. The van der Waals surface area contributed by atoms with Crippen molar-refractivity contribution >= 4 is 17.6 Å². The van der Waals surface area contributed by atoms with E-state index < -0.39 is 0 Å². The van der Waals surface area contributed by atoms with Gasteiger partial charge in [-0.05, 0) is 24.5 Å². The molecule has 0 saturated heterocycles. The van der Waals surface area contributed by atoms with Crippen LogP contribution in [0.1, 0.15) is 44.5 Å². The lowest BCUT2D eigenvalue weighted by Gasteiger charge is -2.26. The minimum atomic E-state index is 0.0585. The summed E-state index contributed by atoms with van der Waals surface area (Å²) < 4.78 is 2.15. The summed E-state index contributed by atoms with van der Waals surface area (Å²) in [5, 5.41) is 9.62. The number of amides is 1. The quantitative estimate of drug-likeness (QED) is 0.508. The van der Waals surface area contributed by atoms with E-state index in [2.05, 4.69) is 45.4 Å². The SMILES string of the molecule is CCNC(=NCc1nccn1CC(C)C)NCC1CC(=O)Nc2ccccc21. The topological polar surface area (TPSA) is 83.3 Å². The van der Waals surface area contributed by atoms with E-state index in [1.54, 1.807) is 0 Å². The standard InChI is InChI=1S/C21H30N6O/c1-4-22-21(25-13-19-23-9-10-27(19)14-15(2)3)24-12-16-11-20(28)26-18-8-6-5-7-17(16)18/h5-10,15-16H,4,11-14H2,1-3H3,(H,26,28)(H2,22,24,25). The second-order valence-electron chi connectivity index (χ2n) is 7.50. The van der Waals surface area contributed by atoms with Crippen molar-refractivity contribution in [2.24, 2.45) is 10.9 Å². The lowest BCUT2D eigenvalue weighted by atomic mass is 9.90. The van der Waals surface area contributed by atoms with Crippen molar-refractivity contribution in [3.8, 4) is 0 Å². The van der Waals surface area contributed by atoms with Crippen LogP contribution in [0.25, 0.3) is 0 Å². The molecule has 0 aliphatic carbocycles. The first-order chi connectivity index (χ1) is 13.6. The Labute approximate surface area is 166 Å². The fourth-order valence-electron chi connectivity index (χ4n) is 3.45. The molecule has 3 N–H and O–H groups in total. The third-order valence-corrected chi connectivity index (χ3v) is 4.71. The van der Waals surface area contributed by atoms with Gasteiger partial charge in [0.05, 0.1) is 0 Å². The van der Waals surface area contributed by atoms with Gasteiger partial charge in [0.25, 0.3) is 0 Å². The van der Waals surface area contributed by atoms with Crippen LogP contribution in [0.2, 0.25) is 0 Å². The minimum absolute atomic E-state index is 0.0585. The second-order valence-corrected chi connectivity index (χ2v) is 7.50. The predicted octanol–water partition coefficient (Wildman–Crippen LogP) is 2.72. The van der Waals surface area contributed by atoms with Gasteiger partial charge in [-0.2, -0.15) is 0 Å². The van der Waals surface area contributed by atoms with Crippen LogP contribution in [0.15, 0.2) is 41.7 Å². The molecule has 1 aliphatic heterocycles. The maximum absolute atomic E-state index is 12.0. The third-order valence-electron chi connectivity index (χ3n) is 4.71. The summed E-state index contributed by atoms with van der Waals surface area (Å²) >= 11 is 0. The van der Waals surface area contributed by atoms with Gasteiger partial charge in [-0.1, -0.05) is 32.0 Å². The monoisotopic (exact) mass is 382 g/mol. The van der Waals surface area contributed by atoms with Gasteiger partial charge in [0.15, 0.2) is 5.96 Å². The van der Waals surface area contributed by atoms with Crippen LogP contribution >= 0.6 is 0 Å². The molecule has 0 radical (unpaired) electrons. The minimum Gasteiger partial charge on any atom is -0.357 e. The van der Waals surface area contributed by atoms with Crippen LogP contribution < -0.4 is 16.0 Å². The molecule has 1 aromatic carbocycles. The highest BCUT2D eigenvalue weighted by molar-refractivity contribution is 5.94. The van der Waals surface area contributed by atoms with Gasteiger partial charge in [0.1, 0.15) is 12.4 Å². The molecule has 7 nitrogen and oxygen atoms in total. The number of benzene rings is 1. The van der Waals surface area contributed by atoms with Crippen molar-refractivity contribution in [2.45, 2.75) is 46.2 Å². The van der Waals surface area contributed by atoms with Gasteiger partial charge in [0.2, 0.25) is 5.91 Å². The zero-order chi connectivity index (χ0) is 19.9. The van der Waals surface area contributed by atoms with E-state index in [1.165, 1.54) is 0 Å². The average molecular weight is 383 g/mol. The Bertz CT molecular complexity index is 826. The van der Waals surface area contributed by atoms with Gasteiger partial charge in [0, 0.05) is 50.1 Å². The van der Waals surface area contributed by atoms with Crippen molar-refractivity contribution in [3.05, 3.63) is 48.0 Å². The number of para-hydroxylation sites is 1. The number of hydrogen-bond donors (Lipinski definition) is 3. The first kappa shape index (κ1) is 19.9. The average Bonchev–Trinajstić information content (AvgIpc) is 3.10. The van der Waals surface area contributed by atoms with E-state index in [1.807, 2.05) is 37.5 Å². The molecular formula is C21H30N6O. The van der Waals surface area contributed by atoms with Crippen molar-refractivity contribution in [1.29, 1.82) is 0 Å². The summed E-state index contributed by atoms with van der Waals surface area (Å²) in [6.45, 7) is 9.29. The number of anilines is 1. The van der Waals surface area contributed by atoms with E-state index in [4.69, 9.17) is 4.99 Å². The maximum Gasteiger partial charge on any atom is 0.225 e. The molecule has 3 rings (SSSR count). The largest absolute Gasteiger partial charge is 0.357 e. The number of nitrogens with zero attached hydrogens (tertiary/aromatic N) is 3. The summed E-state index contributed by atoms with van der Waals surface area (Å²) in [7, 11) is 0. The predicted molar refractivity (Wildman–Crippen MR) is 112 cm³/mol. The Morgan fingerprint density at radius 3 is 2.96 bits per heavy atom. The normalized spacial score (nSPS) is 16.6. The number of rotatable bonds is 7. The van der Waals surface area contributed by atoms with Gasteiger partial charge in [-0.15, -0.1) is 0 Å². The van der Waals surface area contributed by atoms with Crippen LogP contribution in [0, 0.1) is 5.92 Å². The zero-order valence-corrected chi connectivity index (χ0v) is 16.9. The first-order valence-electron chi connectivity index (χ1n) is 9.97. The van der Waals surface area contributed by atoms with Crippen LogP contribution in [-0.4, -0.2) is 34.5 Å². The number of fused-ring (bicyclic) bond motifs is 1. The van der Waals surface area contributed by atoms with Crippen molar-refractivity contribution < 1.29 is 4.79 Å². The summed E-state index contributed by atoms with van der Waals surface area (Å²) in [5.41, 5.74) is 2.07. The molecule has 1 amide bonds. The smallest absolute Gasteiger partial charge is 0.225 e. The van der Waals surface area contributed by atoms with Crippen molar-refractivity contribution in [1.82, 2.24) is 20.2 Å².